The van der Waals surface area contributed by atoms with Crippen LogP contribution < -0.4 is 4.74 Å². The standard InChI is InChI=1S/C13H17ClO4/c1-8(6-13(16)17)5-11(15)9-3-4-12(18-2)10(14)7-9/h3-4,7-8,11,15H,5-6H2,1-2H3,(H,16,17). The summed E-state index contributed by atoms with van der Waals surface area (Å²) in [6, 6.07) is 5.05. The van der Waals surface area contributed by atoms with E-state index in [0.717, 1.165) is 0 Å². The molecule has 0 heterocycles. The molecule has 2 N–H and O–H groups in total. The van der Waals surface area contributed by atoms with Gasteiger partial charge in [0.15, 0.2) is 0 Å². The second-order valence-electron chi connectivity index (χ2n) is 4.35. The number of ether oxygens (including phenoxy) is 1. The second-order valence-corrected chi connectivity index (χ2v) is 4.76. The van der Waals surface area contributed by atoms with Crippen molar-refractivity contribution in [3.63, 3.8) is 0 Å². The van der Waals surface area contributed by atoms with Crippen molar-refractivity contribution in [3.8, 4) is 5.75 Å². The van der Waals surface area contributed by atoms with Crippen molar-refractivity contribution >= 4 is 17.6 Å². The van der Waals surface area contributed by atoms with E-state index in [9.17, 15) is 9.90 Å². The molecule has 0 aliphatic heterocycles. The molecule has 0 aliphatic rings. The van der Waals surface area contributed by atoms with E-state index in [4.69, 9.17) is 21.4 Å². The van der Waals surface area contributed by atoms with Gasteiger partial charge in [-0.05, 0) is 30.0 Å². The first kappa shape index (κ1) is 14.8. The minimum atomic E-state index is -0.859. The highest BCUT2D eigenvalue weighted by Crippen LogP contribution is 2.30. The maximum Gasteiger partial charge on any atom is 0.303 e. The predicted molar refractivity (Wildman–Crippen MR) is 69.0 cm³/mol. The van der Waals surface area contributed by atoms with Crippen molar-refractivity contribution in [2.24, 2.45) is 5.92 Å². The molecule has 0 spiro atoms. The fraction of sp³-hybridized carbons (Fsp3) is 0.462. The van der Waals surface area contributed by atoms with Gasteiger partial charge in [-0.15, -0.1) is 0 Å². The minimum absolute atomic E-state index is 0.0426. The first-order chi connectivity index (χ1) is 8.43. The highest BCUT2D eigenvalue weighted by Gasteiger charge is 2.16. The van der Waals surface area contributed by atoms with Crippen LogP contribution in [0, 0.1) is 5.92 Å². The zero-order valence-electron chi connectivity index (χ0n) is 10.4. The van der Waals surface area contributed by atoms with Gasteiger partial charge in [-0.25, -0.2) is 0 Å². The third-order valence-electron chi connectivity index (χ3n) is 2.71. The van der Waals surface area contributed by atoms with Gasteiger partial charge in [-0.1, -0.05) is 24.6 Å². The van der Waals surface area contributed by atoms with Crippen LogP contribution in [0.1, 0.15) is 31.4 Å². The molecule has 100 valence electrons. The average molecular weight is 273 g/mol. The van der Waals surface area contributed by atoms with Crippen molar-refractivity contribution in [2.45, 2.75) is 25.9 Å². The molecule has 2 atom stereocenters. The maximum atomic E-state index is 10.5. The fourth-order valence-electron chi connectivity index (χ4n) is 1.79. The first-order valence-corrected chi connectivity index (χ1v) is 6.05. The molecule has 0 aliphatic carbocycles. The largest absolute Gasteiger partial charge is 0.495 e. The number of rotatable bonds is 6. The van der Waals surface area contributed by atoms with Crippen LogP contribution in [0.2, 0.25) is 5.02 Å². The molecular formula is C13H17ClO4. The first-order valence-electron chi connectivity index (χ1n) is 5.67. The number of benzene rings is 1. The Morgan fingerprint density at radius 1 is 1.50 bits per heavy atom. The summed E-state index contributed by atoms with van der Waals surface area (Å²) in [6.07, 6.45) is -0.293. The highest BCUT2D eigenvalue weighted by atomic mass is 35.5. The SMILES string of the molecule is COc1ccc(C(O)CC(C)CC(=O)O)cc1Cl. The molecule has 0 radical (unpaired) electrons. The van der Waals surface area contributed by atoms with Crippen molar-refractivity contribution in [1.29, 1.82) is 0 Å². The number of hydrogen-bond acceptors (Lipinski definition) is 3. The quantitative estimate of drug-likeness (QED) is 0.836. The summed E-state index contributed by atoms with van der Waals surface area (Å²) in [5.41, 5.74) is 0.665. The Balaban J connectivity index is 2.69. The highest BCUT2D eigenvalue weighted by molar-refractivity contribution is 6.32. The molecule has 0 fully saturated rings. The van der Waals surface area contributed by atoms with Crippen LogP contribution in [0.25, 0.3) is 0 Å². The third kappa shape index (κ3) is 4.20. The third-order valence-corrected chi connectivity index (χ3v) is 3.00. The van der Waals surface area contributed by atoms with Gasteiger partial charge in [0.25, 0.3) is 0 Å². The van der Waals surface area contributed by atoms with E-state index in [2.05, 4.69) is 0 Å². The van der Waals surface area contributed by atoms with Crippen LogP contribution in [0.5, 0.6) is 5.75 Å². The lowest BCUT2D eigenvalue weighted by molar-refractivity contribution is -0.138. The van der Waals surface area contributed by atoms with E-state index in [0.29, 0.717) is 22.8 Å². The molecule has 1 rings (SSSR count). The van der Waals surface area contributed by atoms with Crippen LogP contribution in [-0.4, -0.2) is 23.3 Å². The zero-order chi connectivity index (χ0) is 13.7. The van der Waals surface area contributed by atoms with Crippen LogP contribution in [-0.2, 0) is 4.79 Å². The van der Waals surface area contributed by atoms with E-state index in [1.165, 1.54) is 7.11 Å². The number of halogens is 1. The van der Waals surface area contributed by atoms with Crippen molar-refractivity contribution in [1.82, 2.24) is 0 Å². The van der Waals surface area contributed by atoms with E-state index < -0.39 is 12.1 Å². The van der Waals surface area contributed by atoms with Crippen molar-refractivity contribution in [2.75, 3.05) is 7.11 Å². The molecule has 5 heteroatoms. The Kier molecular flexibility index (Phi) is 5.44. The van der Waals surface area contributed by atoms with Gasteiger partial charge in [0.05, 0.1) is 18.2 Å². The van der Waals surface area contributed by atoms with Gasteiger partial charge in [0.1, 0.15) is 5.75 Å². The second kappa shape index (κ2) is 6.61. The van der Waals surface area contributed by atoms with Crippen molar-refractivity contribution in [3.05, 3.63) is 28.8 Å². The number of aliphatic hydroxyl groups excluding tert-OH is 1. The van der Waals surface area contributed by atoms with Crippen LogP contribution in [0.4, 0.5) is 0 Å². The summed E-state index contributed by atoms with van der Waals surface area (Å²) >= 11 is 5.96. The van der Waals surface area contributed by atoms with E-state index >= 15 is 0 Å². The summed E-state index contributed by atoms with van der Waals surface area (Å²) in [4.78, 5) is 10.5. The monoisotopic (exact) mass is 272 g/mol. The number of hydrogen-bond donors (Lipinski definition) is 2. The van der Waals surface area contributed by atoms with E-state index in [1.807, 2.05) is 0 Å². The molecule has 0 saturated heterocycles. The van der Waals surface area contributed by atoms with E-state index in [-0.39, 0.29) is 12.3 Å². The lowest BCUT2D eigenvalue weighted by atomic mass is 9.96. The predicted octanol–water partition coefficient (Wildman–Crippen LogP) is 2.88. The van der Waals surface area contributed by atoms with Gasteiger partial charge in [-0.2, -0.15) is 0 Å². The number of carboxylic acids is 1. The Labute approximate surface area is 111 Å². The molecule has 0 aromatic heterocycles. The Morgan fingerprint density at radius 2 is 2.17 bits per heavy atom. The van der Waals surface area contributed by atoms with Crippen LogP contribution in [0.3, 0.4) is 0 Å². The molecule has 2 unspecified atom stereocenters. The topological polar surface area (TPSA) is 66.8 Å². The number of aliphatic hydroxyl groups is 1. The molecule has 0 amide bonds. The number of carbonyl (C=O) groups is 1. The van der Waals surface area contributed by atoms with E-state index in [1.54, 1.807) is 25.1 Å². The smallest absolute Gasteiger partial charge is 0.303 e. The summed E-state index contributed by atoms with van der Waals surface area (Å²) in [5, 5.41) is 19.1. The molecule has 4 nitrogen and oxygen atoms in total. The van der Waals surface area contributed by atoms with Gasteiger partial charge in [0.2, 0.25) is 0 Å². The molecule has 1 aromatic carbocycles. The zero-order valence-corrected chi connectivity index (χ0v) is 11.1. The molecular weight excluding hydrogens is 256 g/mol. The number of aliphatic carboxylic acids is 1. The fourth-order valence-corrected chi connectivity index (χ4v) is 2.05. The van der Waals surface area contributed by atoms with Gasteiger partial charge in [-0.3, -0.25) is 4.79 Å². The van der Waals surface area contributed by atoms with Gasteiger partial charge < -0.3 is 14.9 Å². The lowest BCUT2D eigenvalue weighted by Gasteiger charge is -2.16. The Morgan fingerprint density at radius 3 is 2.67 bits per heavy atom. The van der Waals surface area contributed by atoms with Gasteiger partial charge >= 0.3 is 5.97 Å². The summed E-state index contributed by atoms with van der Waals surface area (Å²) < 4.78 is 5.02. The lowest BCUT2D eigenvalue weighted by Crippen LogP contribution is -2.09. The normalized spacial score (nSPS) is 14.0. The van der Waals surface area contributed by atoms with Crippen LogP contribution in [0.15, 0.2) is 18.2 Å². The summed E-state index contributed by atoms with van der Waals surface area (Å²) in [6.45, 7) is 1.79. The van der Waals surface area contributed by atoms with Gasteiger partial charge in [0, 0.05) is 6.42 Å². The Hall–Kier alpha value is -1.26. The Bertz CT molecular complexity index is 419. The minimum Gasteiger partial charge on any atom is -0.495 e. The summed E-state index contributed by atoms with van der Waals surface area (Å²) in [5.74, 6) is -0.410. The maximum absolute atomic E-state index is 10.5. The molecule has 0 bridgehead atoms. The molecule has 18 heavy (non-hydrogen) atoms. The number of carboxylic acid groups (broad SMARTS) is 1. The summed E-state index contributed by atoms with van der Waals surface area (Å²) in [7, 11) is 1.52. The number of methoxy groups -OCH3 is 1. The molecule has 1 aromatic rings. The van der Waals surface area contributed by atoms with Crippen molar-refractivity contribution < 1.29 is 19.7 Å². The molecule has 0 saturated carbocycles. The van der Waals surface area contributed by atoms with Crippen LogP contribution >= 0.6 is 11.6 Å². The average Bonchev–Trinajstić information content (AvgIpc) is 2.27.